The summed E-state index contributed by atoms with van der Waals surface area (Å²) in [5.74, 6) is -0.283. The minimum Gasteiger partial charge on any atom is -0.495 e. The summed E-state index contributed by atoms with van der Waals surface area (Å²) in [6.45, 7) is 4.35. The molecule has 1 unspecified atom stereocenters. The maximum Gasteiger partial charge on any atom is 0.338 e. The number of rotatable bonds is 8. The molecule has 8 nitrogen and oxygen atoms in total. The number of benzene rings is 2. The van der Waals surface area contributed by atoms with Gasteiger partial charge >= 0.3 is 5.97 Å². The van der Waals surface area contributed by atoms with Gasteiger partial charge in [-0.15, -0.1) is 0 Å². The van der Waals surface area contributed by atoms with Crippen LogP contribution >= 0.6 is 11.8 Å². The van der Waals surface area contributed by atoms with Crippen LogP contribution in [0.25, 0.3) is 0 Å². The molecule has 2 amide bonds. The molecule has 0 saturated carbocycles. The van der Waals surface area contributed by atoms with Crippen LogP contribution in [0, 0.1) is 0 Å². The van der Waals surface area contributed by atoms with Crippen LogP contribution in [0.1, 0.15) is 30.6 Å². The van der Waals surface area contributed by atoms with Crippen LogP contribution in [0.2, 0.25) is 0 Å². The molecule has 1 heterocycles. The SMILES string of the molecule is CCOC(=O)c1ccc(N=C2SC(CC(=O)Nc3ccccc3OC)C(=O)N2CC)cc1. The molecule has 0 spiro atoms. The monoisotopic (exact) mass is 455 g/mol. The smallest absolute Gasteiger partial charge is 0.338 e. The Morgan fingerprint density at radius 2 is 1.84 bits per heavy atom. The molecule has 1 saturated heterocycles. The second-order valence-corrected chi connectivity index (χ2v) is 7.97. The average molecular weight is 456 g/mol. The van der Waals surface area contributed by atoms with Gasteiger partial charge in [-0.3, -0.25) is 14.5 Å². The number of nitrogens with one attached hydrogen (secondary N) is 1. The van der Waals surface area contributed by atoms with Gasteiger partial charge in [0.1, 0.15) is 11.0 Å². The van der Waals surface area contributed by atoms with E-state index in [9.17, 15) is 14.4 Å². The predicted octanol–water partition coefficient (Wildman–Crippen LogP) is 3.85. The van der Waals surface area contributed by atoms with E-state index in [0.717, 1.165) is 0 Å². The van der Waals surface area contributed by atoms with Crippen LogP contribution in [0.4, 0.5) is 11.4 Å². The molecule has 1 N–H and O–H groups in total. The molecule has 2 aromatic rings. The van der Waals surface area contributed by atoms with Crippen molar-refractivity contribution in [1.82, 2.24) is 4.90 Å². The van der Waals surface area contributed by atoms with E-state index in [4.69, 9.17) is 9.47 Å². The summed E-state index contributed by atoms with van der Waals surface area (Å²) in [6, 6.07) is 13.8. The lowest BCUT2D eigenvalue weighted by atomic mass is 10.2. The van der Waals surface area contributed by atoms with Gasteiger partial charge in [0.15, 0.2) is 5.17 Å². The van der Waals surface area contributed by atoms with Crippen molar-refractivity contribution in [2.75, 3.05) is 25.6 Å². The first-order valence-corrected chi connectivity index (χ1v) is 11.1. The molecule has 1 aliphatic rings. The van der Waals surface area contributed by atoms with Crippen LogP contribution in [0.5, 0.6) is 5.75 Å². The number of anilines is 1. The standard InChI is InChI=1S/C23H25N3O5S/c1-4-26-21(28)19(14-20(27)25-17-8-6-7-9-18(17)30-3)32-23(26)24-16-12-10-15(11-13-16)22(29)31-5-2/h6-13,19H,4-5,14H2,1-3H3,(H,25,27). The van der Waals surface area contributed by atoms with E-state index in [1.165, 1.54) is 18.9 Å². The predicted molar refractivity (Wildman–Crippen MR) is 125 cm³/mol. The van der Waals surface area contributed by atoms with E-state index in [1.807, 2.05) is 13.0 Å². The normalized spacial score (nSPS) is 16.8. The maximum absolute atomic E-state index is 12.8. The van der Waals surface area contributed by atoms with E-state index in [2.05, 4.69) is 10.3 Å². The van der Waals surface area contributed by atoms with Crippen molar-refractivity contribution in [3.05, 3.63) is 54.1 Å². The zero-order valence-electron chi connectivity index (χ0n) is 18.2. The van der Waals surface area contributed by atoms with E-state index >= 15 is 0 Å². The van der Waals surface area contributed by atoms with E-state index < -0.39 is 11.2 Å². The van der Waals surface area contributed by atoms with E-state index in [1.54, 1.807) is 54.3 Å². The van der Waals surface area contributed by atoms with Crippen LogP contribution in [-0.2, 0) is 14.3 Å². The van der Waals surface area contributed by atoms with Crippen molar-refractivity contribution in [3.8, 4) is 5.75 Å². The number of amides is 2. The summed E-state index contributed by atoms with van der Waals surface area (Å²) in [6.07, 6.45) is 0.0128. The van der Waals surface area contributed by atoms with Crippen LogP contribution in [0.3, 0.4) is 0 Å². The van der Waals surface area contributed by atoms with Crippen molar-refractivity contribution in [2.45, 2.75) is 25.5 Å². The molecule has 1 fully saturated rings. The fourth-order valence-electron chi connectivity index (χ4n) is 3.13. The molecule has 0 bridgehead atoms. The van der Waals surface area contributed by atoms with Gasteiger partial charge in [0.2, 0.25) is 11.8 Å². The quantitative estimate of drug-likeness (QED) is 0.607. The Labute approximate surface area is 191 Å². The number of methoxy groups -OCH3 is 1. The second-order valence-electron chi connectivity index (χ2n) is 6.80. The summed E-state index contributed by atoms with van der Waals surface area (Å²) < 4.78 is 10.2. The van der Waals surface area contributed by atoms with Crippen molar-refractivity contribution in [3.63, 3.8) is 0 Å². The number of para-hydroxylation sites is 2. The van der Waals surface area contributed by atoms with Gasteiger partial charge in [-0.25, -0.2) is 9.79 Å². The first kappa shape index (κ1) is 23.3. The number of hydrogen-bond acceptors (Lipinski definition) is 7. The third-order valence-corrected chi connectivity index (χ3v) is 5.87. The highest BCUT2D eigenvalue weighted by atomic mass is 32.2. The number of hydrogen-bond donors (Lipinski definition) is 1. The Kier molecular flexibility index (Phi) is 7.88. The molecular weight excluding hydrogens is 430 g/mol. The fraction of sp³-hybridized carbons (Fsp3) is 0.304. The highest BCUT2D eigenvalue weighted by Crippen LogP contribution is 2.32. The van der Waals surface area contributed by atoms with Crippen LogP contribution in [-0.4, -0.2) is 53.4 Å². The third kappa shape index (κ3) is 5.47. The number of ether oxygens (including phenoxy) is 2. The Bertz CT molecular complexity index is 1020. The lowest BCUT2D eigenvalue weighted by Crippen LogP contribution is -2.33. The number of esters is 1. The molecule has 0 radical (unpaired) electrons. The lowest BCUT2D eigenvalue weighted by molar-refractivity contribution is -0.128. The summed E-state index contributed by atoms with van der Waals surface area (Å²) >= 11 is 1.26. The Balaban J connectivity index is 1.70. The average Bonchev–Trinajstić information content (AvgIpc) is 3.08. The van der Waals surface area contributed by atoms with Gasteiger partial charge < -0.3 is 14.8 Å². The molecular formula is C23H25N3O5S. The number of carbonyl (C=O) groups excluding carboxylic acids is 3. The van der Waals surface area contributed by atoms with Gasteiger partial charge in [-0.2, -0.15) is 0 Å². The molecule has 0 aliphatic carbocycles. The van der Waals surface area contributed by atoms with Crippen LogP contribution < -0.4 is 10.1 Å². The van der Waals surface area contributed by atoms with Crippen molar-refractivity contribution in [1.29, 1.82) is 0 Å². The molecule has 32 heavy (non-hydrogen) atoms. The zero-order valence-corrected chi connectivity index (χ0v) is 19.0. The van der Waals surface area contributed by atoms with Gasteiger partial charge in [0.25, 0.3) is 0 Å². The number of thioether (sulfide) groups is 1. The van der Waals surface area contributed by atoms with Gasteiger partial charge in [-0.05, 0) is 50.2 Å². The highest BCUT2D eigenvalue weighted by Gasteiger charge is 2.38. The number of nitrogens with zero attached hydrogens (tertiary/aromatic N) is 2. The minimum atomic E-state index is -0.567. The maximum atomic E-state index is 12.8. The fourth-order valence-corrected chi connectivity index (χ4v) is 4.35. The first-order valence-electron chi connectivity index (χ1n) is 10.2. The lowest BCUT2D eigenvalue weighted by Gasteiger charge is -2.13. The molecule has 3 rings (SSSR count). The second kappa shape index (κ2) is 10.8. The number of amidine groups is 1. The van der Waals surface area contributed by atoms with Gasteiger partial charge in [0.05, 0.1) is 30.7 Å². The summed E-state index contributed by atoms with van der Waals surface area (Å²) in [5, 5.41) is 2.76. The highest BCUT2D eigenvalue weighted by molar-refractivity contribution is 8.15. The Morgan fingerprint density at radius 1 is 1.12 bits per heavy atom. The zero-order chi connectivity index (χ0) is 23.1. The van der Waals surface area contributed by atoms with Gasteiger partial charge in [0, 0.05) is 13.0 Å². The van der Waals surface area contributed by atoms with Crippen molar-refractivity contribution in [2.24, 2.45) is 4.99 Å². The van der Waals surface area contributed by atoms with Crippen molar-refractivity contribution < 1.29 is 23.9 Å². The van der Waals surface area contributed by atoms with E-state index in [-0.39, 0.29) is 18.2 Å². The molecule has 1 aliphatic heterocycles. The molecule has 9 heteroatoms. The molecule has 1 atom stereocenters. The molecule has 2 aromatic carbocycles. The van der Waals surface area contributed by atoms with Crippen LogP contribution in [0.15, 0.2) is 53.5 Å². The Morgan fingerprint density at radius 3 is 2.50 bits per heavy atom. The summed E-state index contributed by atoms with van der Waals surface area (Å²) in [7, 11) is 1.53. The third-order valence-electron chi connectivity index (χ3n) is 4.69. The number of carbonyl (C=O) groups is 3. The number of aliphatic imine (C=N–C) groups is 1. The minimum absolute atomic E-state index is 0.0128. The molecule has 0 aromatic heterocycles. The topological polar surface area (TPSA) is 97.3 Å². The van der Waals surface area contributed by atoms with E-state index in [0.29, 0.717) is 41.0 Å². The summed E-state index contributed by atoms with van der Waals surface area (Å²) in [5.41, 5.74) is 1.59. The van der Waals surface area contributed by atoms with Crippen molar-refractivity contribution >= 4 is 46.1 Å². The summed E-state index contributed by atoms with van der Waals surface area (Å²) in [4.78, 5) is 43.3. The first-order chi connectivity index (χ1) is 15.5. The largest absolute Gasteiger partial charge is 0.495 e. The molecule has 168 valence electrons. The van der Waals surface area contributed by atoms with Gasteiger partial charge in [-0.1, -0.05) is 23.9 Å². The Hall–Kier alpha value is -3.33.